The van der Waals surface area contributed by atoms with Gasteiger partial charge in [0.1, 0.15) is 23.1 Å². The molecule has 1 aliphatic rings. The fourth-order valence-electron chi connectivity index (χ4n) is 4.63. The van der Waals surface area contributed by atoms with Crippen molar-refractivity contribution in [3.05, 3.63) is 100 Å². The number of rotatable bonds is 11. The van der Waals surface area contributed by atoms with Crippen molar-refractivity contribution in [3.63, 3.8) is 0 Å². The lowest BCUT2D eigenvalue weighted by atomic mass is 9.95. The first-order valence-corrected chi connectivity index (χ1v) is 14.5. The molecule has 1 N–H and O–H groups in total. The molecule has 0 bridgehead atoms. The summed E-state index contributed by atoms with van der Waals surface area (Å²) in [5.74, 6) is -0.325. The number of aliphatic hydroxyl groups excluding tert-OH is 1. The molecule has 0 saturated carbocycles. The number of aliphatic hydroxyl groups is 1. The Morgan fingerprint density at radius 2 is 1.69 bits per heavy atom. The highest BCUT2D eigenvalue weighted by atomic mass is 32.1. The number of benzene rings is 3. The first-order valence-electron chi connectivity index (χ1n) is 13.7. The SMILES string of the molecule is CCCOc1ccc(/C(O)=C2\C(=O)C(=O)N(c3nnc(C)s3)C2c2ccc(OCc3ccccc3)c(OCC)c2)cc1. The number of ketones is 1. The van der Waals surface area contributed by atoms with Crippen LogP contribution in [0.4, 0.5) is 5.13 Å². The average molecular weight is 586 g/mol. The highest BCUT2D eigenvalue weighted by molar-refractivity contribution is 7.15. The minimum Gasteiger partial charge on any atom is -0.507 e. The number of ether oxygens (including phenoxy) is 3. The first kappa shape index (κ1) is 28.8. The van der Waals surface area contributed by atoms with Crippen molar-refractivity contribution < 1.29 is 28.9 Å². The zero-order chi connectivity index (χ0) is 29.6. The van der Waals surface area contributed by atoms with E-state index in [1.165, 1.54) is 16.2 Å². The van der Waals surface area contributed by atoms with Gasteiger partial charge in [0.2, 0.25) is 5.13 Å². The van der Waals surface area contributed by atoms with Gasteiger partial charge in [-0.3, -0.25) is 14.5 Å². The molecule has 9 nitrogen and oxygen atoms in total. The third kappa shape index (κ3) is 5.99. The lowest BCUT2D eigenvalue weighted by molar-refractivity contribution is -0.132. The van der Waals surface area contributed by atoms with E-state index in [1.54, 1.807) is 49.4 Å². The number of anilines is 1. The van der Waals surface area contributed by atoms with Gasteiger partial charge in [0.15, 0.2) is 11.5 Å². The predicted molar refractivity (Wildman–Crippen MR) is 160 cm³/mol. The fraction of sp³-hybridized carbons (Fsp3) is 0.250. The second kappa shape index (κ2) is 12.9. The Balaban J connectivity index is 1.58. The Morgan fingerprint density at radius 1 is 0.929 bits per heavy atom. The zero-order valence-electron chi connectivity index (χ0n) is 23.6. The van der Waals surface area contributed by atoms with Gasteiger partial charge in [-0.1, -0.05) is 54.7 Å². The van der Waals surface area contributed by atoms with Gasteiger partial charge in [0.25, 0.3) is 5.78 Å². The monoisotopic (exact) mass is 585 g/mol. The van der Waals surface area contributed by atoms with Gasteiger partial charge in [-0.15, -0.1) is 10.2 Å². The molecule has 1 fully saturated rings. The molecule has 3 aromatic carbocycles. The Labute approximate surface area is 248 Å². The number of hydrogen-bond acceptors (Lipinski definition) is 9. The van der Waals surface area contributed by atoms with Crippen LogP contribution in [0.3, 0.4) is 0 Å². The quantitative estimate of drug-likeness (QED) is 0.125. The van der Waals surface area contributed by atoms with Gasteiger partial charge in [0, 0.05) is 5.56 Å². The van der Waals surface area contributed by atoms with Gasteiger partial charge >= 0.3 is 5.91 Å². The third-order valence-electron chi connectivity index (χ3n) is 6.59. The number of Topliss-reactive ketones (excluding diaryl/α,β-unsaturated/α-hetero) is 1. The normalized spacial score (nSPS) is 16.1. The standard InChI is InChI=1S/C32H31N3O6S/c1-4-17-40-24-14-11-22(12-15-24)29(36)27-28(35(31(38)30(27)37)32-34-33-20(3)42-32)23-13-16-25(26(18-23)39-5-2)41-19-21-9-7-6-8-10-21/h6-16,18,28,36H,4-5,17,19H2,1-3H3/b29-27+. The molecule has 10 heteroatoms. The van der Waals surface area contributed by atoms with Crippen molar-refractivity contribution in [2.45, 2.75) is 39.8 Å². The van der Waals surface area contributed by atoms with Crippen LogP contribution in [0.2, 0.25) is 0 Å². The fourth-order valence-corrected chi connectivity index (χ4v) is 5.34. The maximum atomic E-state index is 13.5. The molecule has 216 valence electrons. The third-order valence-corrected chi connectivity index (χ3v) is 7.42. The maximum absolute atomic E-state index is 13.5. The highest BCUT2D eigenvalue weighted by Gasteiger charge is 2.48. The Bertz CT molecular complexity index is 1600. The first-order chi connectivity index (χ1) is 20.4. The molecule has 4 aromatic rings. The summed E-state index contributed by atoms with van der Waals surface area (Å²) in [7, 11) is 0. The van der Waals surface area contributed by atoms with Gasteiger partial charge < -0.3 is 19.3 Å². The minimum absolute atomic E-state index is 0.0597. The molecule has 0 spiro atoms. The highest BCUT2D eigenvalue weighted by Crippen LogP contribution is 2.45. The minimum atomic E-state index is -0.976. The van der Waals surface area contributed by atoms with E-state index in [9.17, 15) is 14.7 Å². The van der Waals surface area contributed by atoms with Gasteiger partial charge in [-0.05, 0) is 67.8 Å². The molecule has 1 saturated heterocycles. The van der Waals surface area contributed by atoms with Crippen LogP contribution in [-0.2, 0) is 16.2 Å². The molecular weight excluding hydrogens is 554 g/mol. The molecule has 1 aromatic heterocycles. The summed E-state index contributed by atoms with van der Waals surface area (Å²) in [6.07, 6.45) is 0.857. The van der Waals surface area contributed by atoms with E-state index in [0.717, 1.165) is 12.0 Å². The van der Waals surface area contributed by atoms with Crippen molar-refractivity contribution in [2.24, 2.45) is 0 Å². The van der Waals surface area contributed by atoms with Crippen LogP contribution in [-0.4, -0.2) is 40.2 Å². The molecule has 1 unspecified atom stereocenters. The Morgan fingerprint density at radius 3 is 2.36 bits per heavy atom. The average Bonchev–Trinajstić information content (AvgIpc) is 3.55. The van der Waals surface area contributed by atoms with Crippen molar-refractivity contribution >= 4 is 33.9 Å². The molecular formula is C32H31N3O6S. The van der Waals surface area contributed by atoms with E-state index in [-0.39, 0.29) is 16.5 Å². The molecule has 1 atom stereocenters. The van der Waals surface area contributed by atoms with Crippen LogP contribution < -0.4 is 19.1 Å². The van der Waals surface area contributed by atoms with E-state index in [0.29, 0.717) is 53.2 Å². The van der Waals surface area contributed by atoms with Crippen LogP contribution in [0.5, 0.6) is 17.2 Å². The van der Waals surface area contributed by atoms with Crippen molar-refractivity contribution in [3.8, 4) is 17.2 Å². The number of nitrogens with zero attached hydrogens (tertiary/aromatic N) is 3. The lowest BCUT2D eigenvalue weighted by Crippen LogP contribution is -2.29. The second-order valence-electron chi connectivity index (χ2n) is 9.56. The van der Waals surface area contributed by atoms with Crippen molar-refractivity contribution in [1.82, 2.24) is 10.2 Å². The maximum Gasteiger partial charge on any atom is 0.301 e. The molecule has 42 heavy (non-hydrogen) atoms. The van der Waals surface area contributed by atoms with Gasteiger partial charge in [0.05, 0.1) is 24.8 Å². The van der Waals surface area contributed by atoms with Gasteiger partial charge in [-0.2, -0.15) is 0 Å². The summed E-state index contributed by atoms with van der Waals surface area (Å²) in [5.41, 5.74) is 1.86. The van der Waals surface area contributed by atoms with Crippen LogP contribution in [0.15, 0.2) is 78.4 Å². The summed E-state index contributed by atoms with van der Waals surface area (Å²) in [6, 6.07) is 20.8. The van der Waals surface area contributed by atoms with Crippen molar-refractivity contribution in [1.29, 1.82) is 0 Å². The molecule has 5 rings (SSSR count). The van der Waals surface area contributed by atoms with Crippen LogP contribution in [0.1, 0.15) is 48.0 Å². The van der Waals surface area contributed by atoms with E-state index < -0.39 is 17.7 Å². The number of aryl methyl sites for hydroxylation is 1. The van der Waals surface area contributed by atoms with Gasteiger partial charge in [-0.25, -0.2) is 0 Å². The molecule has 1 aliphatic heterocycles. The zero-order valence-corrected chi connectivity index (χ0v) is 24.4. The summed E-state index contributed by atoms with van der Waals surface area (Å²) < 4.78 is 17.6. The van der Waals surface area contributed by atoms with Crippen molar-refractivity contribution in [2.75, 3.05) is 18.1 Å². The largest absolute Gasteiger partial charge is 0.507 e. The van der Waals surface area contributed by atoms with E-state index in [2.05, 4.69) is 10.2 Å². The number of carbonyl (C=O) groups is 2. The number of aromatic nitrogens is 2. The van der Waals surface area contributed by atoms with Crippen LogP contribution in [0, 0.1) is 6.92 Å². The summed E-state index contributed by atoms with van der Waals surface area (Å²) in [4.78, 5) is 28.2. The number of amides is 1. The van der Waals surface area contributed by atoms with E-state index in [1.807, 2.05) is 44.2 Å². The summed E-state index contributed by atoms with van der Waals surface area (Å²) >= 11 is 1.19. The number of hydrogen-bond donors (Lipinski definition) is 1. The van der Waals surface area contributed by atoms with E-state index >= 15 is 0 Å². The topological polar surface area (TPSA) is 111 Å². The molecule has 0 aliphatic carbocycles. The molecule has 2 heterocycles. The lowest BCUT2D eigenvalue weighted by Gasteiger charge is -2.23. The molecule has 0 radical (unpaired) electrons. The summed E-state index contributed by atoms with van der Waals surface area (Å²) in [5, 5.41) is 20.6. The van der Waals surface area contributed by atoms with E-state index in [4.69, 9.17) is 14.2 Å². The Kier molecular flexibility index (Phi) is 8.83. The molecule has 1 amide bonds. The predicted octanol–water partition coefficient (Wildman–Crippen LogP) is 6.24. The summed E-state index contributed by atoms with van der Waals surface area (Å²) in [6.45, 7) is 6.90. The smallest absolute Gasteiger partial charge is 0.301 e. The van der Waals surface area contributed by atoms with Crippen LogP contribution >= 0.6 is 11.3 Å². The number of carbonyl (C=O) groups excluding carboxylic acids is 2. The second-order valence-corrected chi connectivity index (χ2v) is 10.7. The van der Waals surface area contributed by atoms with Crippen LogP contribution in [0.25, 0.3) is 5.76 Å². The Hall–Kier alpha value is -4.70.